The molecule has 0 aromatic rings. The zero-order valence-corrected chi connectivity index (χ0v) is 14.5. The maximum Gasteiger partial charge on any atom is 0.293 e. The minimum absolute atomic E-state index is 0.441. The van der Waals surface area contributed by atoms with Gasteiger partial charge in [-0.15, -0.1) is 18.3 Å². The minimum Gasteiger partial charge on any atom is -0.457 e. The lowest BCUT2D eigenvalue weighted by molar-refractivity contribution is -0.126. The van der Waals surface area contributed by atoms with E-state index in [9.17, 15) is 4.79 Å². The van der Waals surface area contributed by atoms with Crippen LogP contribution < -0.4 is 0 Å². The van der Waals surface area contributed by atoms with Gasteiger partial charge in [0.05, 0.1) is 0 Å². The van der Waals surface area contributed by atoms with Crippen LogP contribution in [0.5, 0.6) is 0 Å². The number of carbonyl (C=O) groups excluding carboxylic acids is 1. The number of carbonyl (C=O) groups is 1. The SMILES string of the molecule is C=C(C)CC/C=C(\C)CCC=C(C)C.CSCOC=O. The molecule has 0 rings (SSSR count). The second kappa shape index (κ2) is 16.1. The van der Waals surface area contributed by atoms with Crippen LogP contribution in [0, 0.1) is 0 Å². The molecular formula is C17H30O2S. The molecule has 20 heavy (non-hydrogen) atoms. The molecule has 0 saturated heterocycles. The zero-order chi connectivity index (χ0) is 15.8. The van der Waals surface area contributed by atoms with Crippen LogP contribution in [0.2, 0.25) is 0 Å². The van der Waals surface area contributed by atoms with E-state index in [0.29, 0.717) is 12.4 Å². The molecule has 0 aromatic carbocycles. The molecule has 0 radical (unpaired) electrons. The molecule has 0 amide bonds. The quantitative estimate of drug-likeness (QED) is 0.243. The van der Waals surface area contributed by atoms with E-state index in [2.05, 4.69) is 51.2 Å². The summed E-state index contributed by atoms with van der Waals surface area (Å²) in [7, 11) is 0. The lowest BCUT2D eigenvalue weighted by Crippen LogP contribution is -1.81. The normalized spacial score (nSPS) is 10.2. The van der Waals surface area contributed by atoms with E-state index >= 15 is 0 Å². The molecule has 0 aliphatic heterocycles. The van der Waals surface area contributed by atoms with E-state index in [1.807, 2.05) is 6.26 Å². The molecule has 0 aromatic heterocycles. The smallest absolute Gasteiger partial charge is 0.293 e. The third-order valence-corrected chi connectivity index (χ3v) is 2.78. The summed E-state index contributed by atoms with van der Waals surface area (Å²) >= 11 is 1.47. The third-order valence-electron chi connectivity index (χ3n) is 2.41. The van der Waals surface area contributed by atoms with Crippen LogP contribution in [0.3, 0.4) is 0 Å². The molecular weight excluding hydrogens is 268 g/mol. The van der Waals surface area contributed by atoms with E-state index in [0.717, 1.165) is 12.8 Å². The van der Waals surface area contributed by atoms with Crippen molar-refractivity contribution in [2.75, 3.05) is 12.2 Å². The first-order chi connectivity index (χ1) is 9.43. The van der Waals surface area contributed by atoms with Crippen LogP contribution in [0.15, 0.2) is 35.5 Å². The molecule has 2 nitrogen and oxygen atoms in total. The Labute approximate surface area is 129 Å². The Morgan fingerprint density at radius 3 is 2.10 bits per heavy atom. The van der Waals surface area contributed by atoms with E-state index in [4.69, 9.17) is 0 Å². The Hall–Kier alpha value is -0.960. The fraction of sp³-hybridized carbons (Fsp3) is 0.588. The number of hydrogen-bond donors (Lipinski definition) is 0. The minimum atomic E-state index is 0.441. The number of allylic oxidation sites excluding steroid dienone is 5. The Balaban J connectivity index is 0. The first-order valence-corrected chi connectivity index (χ1v) is 8.31. The highest BCUT2D eigenvalue weighted by Gasteiger charge is 1.89. The maximum absolute atomic E-state index is 9.33. The molecule has 0 aliphatic rings. The maximum atomic E-state index is 9.33. The summed E-state index contributed by atoms with van der Waals surface area (Å²) in [6.45, 7) is 13.0. The summed E-state index contributed by atoms with van der Waals surface area (Å²) in [4.78, 5) is 9.33. The molecule has 0 atom stereocenters. The second-order valence-corrected chi connectivity index (χ2v) is 5.85. The van der Waals surface area contributed by atoms with Gasteiger partial charge in [-0.2, -0.15) is 0 Å². The van der Waals surface area contributed by atoms with Gasteiger partial charge < -0.3 is 4.74 Å². The van der Waals surface area contributed by atoms with Gasteiger partial charge in [-0.3, -0.25) is 4.79 Å². The number of rotatable bonds is 9. The van der Waals surface area contributed by atoms with Gasteiger partial charge in [0, 0.05) is 0 Å². The second-order valence-electron chi connectivity index (χ2n) is 5.04. The molecule has 3 heteroatoms. The molecule has 0 N–H and O–H groups in total. The number of ether oxygens (including phenoxy) is 1. The molecule has 0 spiro atoms. The fourth-order valence-corrected chi connectivity index (χ4v) is 1.54. The summed E-state index contributed by atoms with van der Waals surface area (Å²) in [5, 5.41) is 0. The van der Waals surface area contributed by atoms with Gasteiger partial charge in [0.2, 0.25) is 0 Å². The predicted octanol–water partition coefficient (Wildman–Crippen LogP) is 5.52. The molecule has 0 bridgehead atoms. The summed E-state index contributed by atoms with van der Waals surface area (Å²) in [5.41, 5.74) is 4.20. The fourth-order valence-electron chi connectivity index (χ4n) is 1.35. The van der Waals surface area contributed by atoms with Crippen LogP contribution in [-0.4, -0.2) is 18.7 Å². The molecule has 0 unspecified atom stereocenters. The van der Waals surface area contributed by atoms with Gasteiger partial charge in [0.25, 0.3) is 6.47 Å². The third kappa shape index (κ3) is 22.2. The molecule has 0 aliphatic carbocycles. The van der Waals surface area contributed by atoms with Crippen molar-refractivity contribution in [2.45, 2.75) is 53.4 Å². The van der Waals surface area contributed by atoms with Crippen molar-refractivity contribution >= 4 is 18.2 Å². The van der Waals surface area contributed by atoms with Crippen LogP contribution >= 0.6 is 11.8 Å². The first kappa shape index (κ1) is 21.3. The van der Waals surface area contributed by atoms with E-state index in [1.165, 1.54) is 41.3 Å². The van der Waals surface area contributed by atoms with Gasteiger partial charge >= 0.3 is 0 Å². The topological polar surface area (TPSA) is 26.3 Å². The van der Waals surface area contributed by atoms with Crippen LogP contribution in [-0.2, 0) is 9.53 Å². The average molecular weight is 298 g/mol. The van der Waals surface area contributed by atoms with E-state index in [1.54, 1.807) is 0 Å². The van der Waals surface area contributed by atoms with Crippen molar-refractivity contribution in [3.8, 4) is 0 Å². The highest BCUT2D eigenvalue weighted by molar-refractivity contribution is 7.98. The Morgan fingerprint density at radius 1 is 1.10 bits per heavy atom. The van der Waals surface area contributed by atoms with Crippen LogP contribution in [0.1, 0.15) is 53.4 Å². The van der Waals surface area contributed by atoms with Gasteiger partial charge in [0.1, 0.15) is 5.94 Å². The zero-order valence-electron chi connectivity index (χ0n) is 13.7. The van der Waals surface area contributed by atoms with Crippen LogP contribution in [0.25, 0.3) is 0 Å². The van der Waals surface area contributed by atoms with E-state index < -0.39 is 0 Å². The summed E-state index contributed by atoms with van der Waals surface area (Å²) < 4.78 is 4.27. The largest absolute Gasteiger partial charge is 0.457 e. The van der Waals surface area contributed by atoms with Gasteiger partial charge in [-0.05, 0) is 59.6 Å². The Morgan fingerprint density at radius 2 is 1.70 bits per heavy atom. The van der Waals surface area contributed by atoms with Gasteiger partial charge in [-0.1, -0.05) is 28.9 Å². The van der Waals surface area contributed by atoms with Crippen molar-refractivity contribution in [2.24, 2.45) is 0 Å². The Kier molecular flexibility index (Phi) is 17.2. The summed E-state index contributed by atoms with van der Waals surface area (Å²) in [5.74, 6) is 0.462. The number of thioether (sulfide) groups is 1. The molecule has 0 saturated carbocycles. The van der Waals surface area contributed by atoms with Crippen molar-refractivity contribution in [1.29, 1.82) is 0 Å². The van der Waals surface area contributed by atoms with E-state index in [-0.39, 0.29) is 0 Å². The highest BCUT2D eigenvalue weighted by atomic mass is 32.2. The highest BCUT2D eigenvalue weighted by Crippen LogP contribution is 2.10. The number of hydrogen-bond acceptors (Lipinski definition) is 3. The summed E-state index contributed by atoms with van der Waals surface area (Å²) in [6, 6.07) is 0. The molecule has 0 heterocycles. The van der Waals surface area contributed by atoms with Gasteiger partial charge in [0.15, 0.2) is 0 Å². The molecule has 116 valence electrons. The van der Waals surface area contributed by atoms with Crippen molar-refractivity contribution in [3.05, 3.63) is 35.5 Å². The Bertz CT molecular complexity index is 313. The van der Waals surface area contributed by atoms with Crippen molar-refractivity contribution in [3.63, 3.8) is 0 Å². The lowest BCUT2D eigenvalue weighted by atomic mass is 10.1. The van der Waals surface area contributed by atoms with Crippen LogP contribution in [0.4, 0.5) is 0 Å². The molecule has 0 fully saturated rings. The monoisotopic (exact) mass is 298 g/mol. The summed E-state index contributed by atoms with van der Waals surface area (Å²) in [6.07, 6.45) is 11.2. The first-order valence-electron chi connectivity index (χ1n) is 6.91. The van der Waals surface area contributed by atoms with Gasteiger partial charge in [-0.25, -0.2) is 0 Å². The predicted molar refractivity (Wildman–Crippen MR) is 92.0 cm³/mol. The average Bonchev–Trinajstić information content (AvgIpc) is 2.36. The lowest BCUT2D eigenvalue weighted by Gasteiger charge is -1.99. The van der Waals surface area contributed by atoms with Crippen molar-refractivity contribution in [1.82, 2.24) is 0 Å². The standard InChI is InChI=1S/C14H24.C3H6O2S/c1-12(2)8-6-10-14(5)11-7-9-13(3)4;1-6-3-5-2-4/h9-10H,1,6-8,11H2,2-5H3;2H,3H2,1H3/b14-10+;. The van der Waals surface area contributed by atoms with Crippen molar-refractivity contribution < 1.29 is 9.53 Å².